The summed E-state index contributed by atoms with van der Waals surface area (Å²) in [5.74, 6) is -0.932. The zero-order valence-corrected chi connectivity index (χ0v) is 8.10. The minimum Gasteiger partial charge on any atom is -0.550 e. The van der Waals surface area contributed by atoms with Crippen LogP contribution in [-0.4, -0.2) is 5.97 Å². The average molecular weight is 208 g/mol. The van der Waals surface area contributed by atoms with E-state index >= 15 is 0 Å². The third kappa shape index (κ3) is 25.6. The normalized spacial score (nSPS) is 7.18. The predicted molar refractivity (Wildman–Crippen MR) is 40.2 cm³/mol. The molecule has 3 heteroatoms. The van der Waals surface area contributed by atoms with Crippen molar-refractivity contribution < 1.29 is 27.0 Å². The number of rotatable bonds is 4. The molecule has 0 aromatic carbocycles. The molecule has 0 saturated carbocycles. The van der Waals surface area contributed by atoms with Gasteiger partial charge in [-0.05, 0) is 12.8 Å². The van der Waals surface area contributed by atoms with E-state index in [2.05, 4.69) is 6.92 Å². The van der Waals surface area contributed by atoms with Crippen LogP contribution in [0.25, 0.3) is 0 Å². The van der Waals surface area contributed by atoms with Crippen LogP contribution in [0, 0.1) is 6.92 Å². The predicted octanol–water partition coefficient (Wildman–Crippen LogP) is 1.15. The first-order valence-electron chi connectivity index (χ1n) is 3.68. The number of hydrogen-bond donors (Lipinski definition) is 0. The van der Waals surface area contributed by atoms with E-state index in [1.54, 1.807) is 6.92 Å². The van der Waals surface area contributed by atoms with E-state index in [1.165, 1.54) is 0 Å². The molecule has 0 aliphatic heterocycles. The molecule has 0 heterocycles. The standard InChI is InChI=1S/C6H12O2.C2H5.Cu/c1-2-3-4-5-6(7)8;1-2;/h2-5H2,1H3,(H,7,8);1H2,2H3;/q;-1;+2/p-1. The van der Waals surface area contributed by atoms with E-state index in [4.69, 9.17) is 0 Å². The second-order valence-electron chi connectivity index (χ2n) is 1.83. The van der Waals surface area contributed by atoms with Gasteiger partial charge in [-0.15, -0.1) is 0 Å². The van der Waals surface area contributed by atoms with Gasteiger partial charge in [0.25, 0.3) is 0 Å². The van der Waals surface area contributed by atoms with Crippen LogP contribution in [0.3, 0.4) is 0 Å². The molecule has 0 aliphatic carbocycles. The van der Waals surface area contributed by atoms with E-state index in [9.17, 15) is 9.90 Å². The molecule has 1 radical (unpaired) electrons. The fourth-order valence-electron chi connectivity index (χ4n) is 0.519. The summed E-state index contributed by atoms with van der Waals surface area (Å²) in [6.45, 7) is 7.04. The van der Waals surface area contributed by atoms with E-state index in [-0.39, 0.29) is 23.5 Å². The molecule has 0 aromatic heterocycles. The maximum atomic E-state index is 9.76. The van der Waals surface area contributed by atoms with Crippen molar-refractivity contribution in [1.82, 2.24) is 0 Å². The number of carboxylic acids is 1. The largest absolute Gasteiger partial charge is 2.00 e. The zero-order valence-electron chi connectivity index (χ0n) is 7.15. The Kier molecular flexibility index (Phi) is 25.8. The van der Waals surface area contributed by atoms with Crippen molar-refractivity contribution in [3.8, 4) is 0 Å². The van der Waals surface area contributed by atoms with E-state index < -0.39 is 5.97 Å². The van der Waals surface area contributed by atoms with Crippen molar-refractivity contribution in [1.29, 1.82) is 0 Å². The summed E-state index contributed by atoms with van der Waals surface area (Å²) >= 11 is 0. The van der Waals surface area contributed by atoms with Gasteiger partial charge in [-0.1, -0.05) is 19.8 Å². The van der Waals surface area contributed by atoms with Crippen molar-refractivity contribution in [2.75, 3.05) is 0 Å². The summed E-state index contributed by atoms with van der Waals surface area (Å²) in [4.78, 5) is 9.76. The van der Waals surface area contributed by atoms with Gasteiger partial charge in [-0.2, -0.15) is 6.92 Å². The quantitative estimate of drug-likeness (QED) is 0.394. The van der Waals surface area contributed by atoms with Gasteiger partial charge < -0.3 is 16.8 Å². The van der Waals surface area contributed by atoms with Crippen LogP contribution in [0.5, 0.6) is 0 Å². The van der Waals surface area contributed by atoms with Crippen molar-refractivity contribution in [3.05, 3.63) is 6.92 Å². The fourth-order valence-corrected chi connectivity index (χ4v) is 0.519. The zero-order chi connectivity index (χ0) is 8.41. The van der Waals surface area contributed by atoms with Crippen LogP contribution in [0.15, 0.2) is 0 Å². The summed E-state index contributed by atoms with van der Waals surface area (Å²) in [5, 5.41) is 9.76. The monoisotopic (exact) mass is 207 g/mol. The van der Waals surface area contributed by atoms with Gasteiger partial charge in [-0.3, -0.25) is 0 Å². The third-order valence-corrected chi connectivity index (χ3v) is 0.984. The molecule has 0 N–H and O–H groups in total. The Bertz CT molecular complexity index is 74.5. The minimum absolute atomic E-state index is 0. The van der Waals surface area contributed by atoms with Gasteiger partial charge in [-0.25, -0.2) is 0 Å². The summed E-state index contributed by atoms with van der Waals surface area (Å²) < 4.78 is 0. The Morgan fingerprint density at radius 1 is 1.36 bits per heavy atom. The molecule has 71 valence electrons. The van der Waals surface area contributed by atoms with Gasteiger partial charge in [0.1, 0.15) is 0 Å². The van der Waals surface area contributed by atoms with E-state index in [0.717, 1.165) is 19.3 Å². The van der Waals surface area contributed by atoms with Crippen LogP contribution >= 0.6 is 0 Å². The first-order chi connectivity index (χ1) is 4.77. The molecule has 0 aliphatic rings. The number of unbranched alkanes of at least 4 members (excludes halogenated alkanes) is 2. The van der Waals surface area contributed by atoms with Crippen LogP contribution in [0.1, 0.15) is 39.5 Å². The molecule has 0 unspecified atom stereocenters. The molecule has 0 saturated heterocycles. The van der Waals surface area contributed by atoms with Gasteiger partial charge in [0.15, 0.2) is 0 Å². The summed E-state index contributed by atoms with van der Waals surface area (Å²) in [5.41, 5.74) is 0. The summed E-state index contributed by atoms with van der Waals surface area (Å²) in [6.07, 6.45) is 3.04. The molecule has 0 atom stereocenters. The number of hydrogen-bond acceptors (Lipinski definition) is 2. The van der Waals surface area contributed by atoms with Crippen LogP contribution in [-0.2, 0) is 21.9 Å². The number of aliphatic carboxylic acids is 1. The number of carboxylic acid groups (broad SMARTS) is 1. The topological polar surface area (TPSA) is 40.1 Å². The molecule has 2 nitrogen and oxygen atoms in total. The molecule has 0 amide bonds. The minimum atomic E-state index is -0.932. The van der Waals surface area contributed by atoms with Gasteiger partial charge in [0.05, 0.1) is 0 Å². The first-order valence-corrected chi connectivity index (χ1v) is 3.68. The smallest absolute Gasteiger partial charge is 0.550 e. The SMILES string of the molecule is CCCCCC(=O)[O-].[CH2-]C.[Cu+2]. The van der Waals surface area contributed by atoms with Crippen LogP contribution in [0.4, 0.5) is 0 Å². The maximum Gasteiger partial charge on any atom is 2.00 e. The van der Waals surface area contributed by atoms with Crippen molar-refractivity contribution in [3.63, 3.8) is 0 Å². The van der Waals surface area contributed by atoms with Crippen LogP contribution in [0.2, 0.25) is 0 Å². The molecule has 0 fully saturated rings. The van der Waals surface area contributed by atoms with Gasteiger partial charge in [0, 0.05) is 5.97 Å². The molecule has 11 heavy (non-hydrogen) atoms. The van der Waals surface area contributed by atoms with Crippen LogP contribution < -0.4 is 5.11 Å². The molecule has 0 rings (SSSR count). The summed E-state index contributed by atoms with van der Waals surface area (Å²) in [7, 11) is 0. The Balaban J connectivity index is -0.000000196. The number of carbonyl (C=O) groups excluding carboxylic acids is 1. The van der Waals surface area contributed by atoms with Crippen molar-refractivity contribution >= 4 is 5.97 Å². The van der Waals surface area contributed by atoms with E-state index in [1.807, 2.05) is 6.92 Å². The molecule has 0 spiro atoms. The molecule has 0 aromatic rings. The molecular weight excluding hydrogens is 192 g/mol. The summed E-state index contributed by atoms with van der Waals surface area (Å²) in [6, 6.07) is 0. The number of carbonyl (C=O) groups is 1. The van der Waals surface area contributed by atoms with Crippen molar-refractivity contribution in [2.24, 2.45) is 0 Å². The van der Waals surface area contributed by atoms with E-state index in [0.29, 0.717) is 0 Å². The molecule has 0 bridgehead atoms. The Labute approximate surface area is 79.9 Å². The maximum absolute atomic E-state index is 9.76. The average Bonchev–Trinajstić information content (AvgIpc) is 1.92. The fraction of sp³-hybridized carbons (Fsp3) is 0.750. The first kappa shape index (κ1) is 17.2. The second-order valence-corrected chi connectivity index (χ2v) is 1.83. The van der Waals surface area contributed by atoms with Crippen molar-refractivity contribution in [2.45, 2.75) is 39.5 Å². The Morgan fingerprint density at radius 2 is 1.82 bits per heavy atom. The Morgan fingerprint density at radius 3 is 2.09 bits per heavy atom. The second kappa shape index (κ2) is 16.5. The Hall–Kier alpha value is -0.0105. The third-order valence-electron chi connectivity index (χ3n) is 0.984. The van der Waals surface area contributed by atoms with Gasteiger partial charge in [0.2, 0.25) is 0 Å². The molecular formula is C8H16CuO2. The van der Waals surface area contributed by atoms with Gasteiger partial charge >= 0.3 is 17.1 Å².